The van der Waals surface area contributed by atoms with Crippen LogP contribution in [0.15, 0.2) is 0 Å². The Balaban J connectivity index is 1.55. The molecule has 4 unspecified atom stereocenters. The van der Waals surface area contributed by atoms with E-state index < -0.39 is 5.97 Å². The van der Waals surface area contributed by atoms with Crippen LogP contribution >= 0.6 is 0 Å². The maximum Gasteiger partial charge on any atom is 0.303 e. The lowest BCUT2D eigenvalue weighted by Crippen LogP contribution is -2.58. The van der Waals surface area contributed by atoms with E-state index in [9.17, 15) is 15.0 Å². The van der Waals surface area contributed by atoms with E-state index in [1.807, 2.05) is 0 Å². The highest BCUT2D eigenvalue weighted by Gasteiger charge is 2.62. The molecule has 3 N–H and O–H groups in total. The summed E-state index contributed by atoms with van der Waals surface area (Å²) in [5, 5.41) is 30.5. The van der Waals surface area contributed by atoms with Crippen LogP contribution in [-0.4, -0.2) is 33.5 Å². The average molecular weight is 393 g/mol. The number of carboxylic acids is 1. The topological polar surface area (TPSA) is 77.8 Å². The molecule has 0 aromatic heterocycles. The van der Waals surface area contributed by atoms with Gasteiger partial charge in [0.15, 0.2) is 0 Å². The van der Waals surface area contributed by atoms with Gasteiger partial charge in [-0.15, -0.1) is 0 Å². The summed E-state index contributed by atoms with van der Waals surface area (Å²) in [4.78, 5) is 11.1. The van der Waals surface area contributed by atoms with Crippen LogP contribution in [-0.2, 0) is 4.79 Å². The first kappa shape index (κ1) is 20.7. The van der Waals surface area contributed by atoms with E-state index in [4.69, 9.17) is 5.11 Å². The van der Waals surface area contributed by atoms with Gasteiger partial charge in [-0.2, -0.15) is 0 Å². The molecule has 4 heteroatoms. The Labute approximate surface area is 170 Å². The van der Waals surface area contributed by atoms with E-state index in [-0.39, 0.29) is 29.5 Å². The minimum absolute atomic E-state index is 0.179. The van der Waals surface area contributed by atoms with Crippen molar-refractivity contribution in [1.82, 2.24) is 0 Å². The Hall–Kier alpha value is -0.610. The van der Waals surface area contributed by atoms with E-state index in [1.165, 1.54) is 25.7 Å². The molecule has 0 heterocycles. The molecule has 4 rings (SSSR count). The molecule has 10 atom stereocenters. The molecule has 0 saturated heterocycles. The highest BCUT2D eigenvalue weighted by atomic mass is 16.4. The zero-order valence-electron chi connectivity index (χ0n) is 17.9. The van der Waals surface area contributed by atoms with Crippen molar-refractivity contribution in [2.24, 2.45) is 46.3 Å². The number of aliphatic hydroxyl groups is 2. The minimum atomic E-state index is -0.684. The number of rotatable bonds is 4. The van der Waals surface area contributed by atoms with E-state index in [0.29, 0.717) is 35.5 Å². The van der Waals surface area contributed by atoms with Crippen LogP contribution in [0.3, 0.4) is 0 Å². The van der Waals surface area contributed by atoms with Gasteiger partial charge in [0.05, 0.1) is 12.2 Å². The zero-order chi connectivity index (χ0) is 20.3. The molecule has 4 nitrogen and oxygen atoms in total. The molecule has 0 aromatic rings. The van der Waals surface area contributed by atoms with Gasteiger partial charge < -0.3 is 15.3 Å². The molecular formula is C24H40O4. The molecule has 4 fully saturated rings. The summed E-state index contributed by atoms with van der Waals surface area (Å²) in [6.45, 7) is 7.16. The zero-order valence-corrected chi connectivity index (χ0v) is 17.9. The average Bonchev–Trinajstić information content (AvgIpc) is 2.98. The first-order chi connectivity index (χ1) is 13.2. The smallest absolute Gasteiger partial charge is 0.303 e. The molecular weight excluding hydrogens is 352 g/mol. The third-order valence-corrected chi connectivity index (χ3v) is 10.2. The molecule has 0 aliphatic heterocycles. The number of fused-ring (bicyclic) bond motifs is 5. The summed E-state index contributed by atoms with van der Waals surface area (Å²) in [7, 11) is 0. The van der Waals surface area contributed by atoms with Crippen LogP contribution in [0.4, 0.5) is 0 Å². The summed E-state index contributed by atoms with van der Waals surface area (Å²) < 4.78 is 0. The third kappa shape index (κ3) is 3.14. The van der Waals surface area contributed by atoms with Gasteiger partial charge in [0.2, 0.25) is 0 Å². The lowest BCUT2D eigenvalue weighted by atomic mass is 9.43. The standard InChI is InChI=1S/C24H40O4/c1-14(4-7-21(27)28)17-5-6-18-22-19(9-11-24(17,18)3)23(2)10-8-16(25)12-15(23)13-20(22)26/h14-20,22,25-26H,4-13H2,1-3H3,(H,27,28)/t14-,15?,16-,17-,18+,19+,20+,22?,23?,24?/m1/s1. The number of aliphatic hydroxyl groups excluding tert-OH is 2. The Morgan fingerprint density at radius 3 is 2.39 bits per heavy atom. The fraction of sp³-hybridized carbons (Fsp3) is 0.958. The van der Waals surface area contributed by atoms with Crippen LogP contribution in [0.2, 0.25) is 0 Å². The highest BCUT2D eigenvalue weighted by Crippen LogP contribution is 2.68. The lowest BCUT2D eigenvalue weighted by molar-refractivity contribution is -0.174. The minimum Gasteiger partial charge on any atom is -0.481 e. The quantitative estimate of drug-likeness (QED) is 0.659. The summed E-state index contributed by atoms with van der Waals surface area (Å²) in [6.07, 6.45) is 9.19. The van der Waals surface area contributed by atoms with E-state index in [0.717, 1.165) is 32.1 Å². The van der Waals surface area contributed by atoms with Gasteiger partial charge in [-0.05, 0) is 104 Å². The SMILES string of the molecule is C[C@H](CCC(=O)O)[C@H]1CC[C@H]2C3[C@@H](O)CC4C[C@H](O)CCC4(C)[C@H]3CCC12C. The monoisotopic (exact) mass is 392 g/mol. The van der Waals surface area contributed by atoms with Gasteiger partial charge in [0.1, 0.15) is 0 Å². The fourth-order valence-electron chi connectivity index (χ4n) is 8.73. The number of hydrogen-bond donors (Lipinski definition) is 3. The maximum atomic E-state index is 11.2. The van der Waals surface area contributed by atoms with E-state index in [2.05, 4.69) is 20.8 Å². The number of carboxylic acid groups (broad SMARTS) is 1. The summed E-state index contributed by atoms with van der Waals surface area (Å²) in [5.41, 5.74) is 0.523. The molecule has 160 valence electrons. The number of hydrogen-bond acceptors (Lipinski definition) is 3. The van der Waals surface area contributed by atoms with Crippen molar-refractivity contribution in [3.8, 4) is 0 Å². The first-order valence-electron chi connectivity index (χ1n) is 11.7. The van der Waals surface area contributed by atoms with Gasteiger partial charge >= 0.3 is 5.97 Å². The fourth-order valence-corrected chi connectivity index (χ4v) is 8.73. The van der Waals surface area contributed by atoms with Gasteiger partial charge in [0.25, 0.3) is 0 Å². The van der Waals surface area contributed by atoms with Crippen molar-refractivity contribution in [2.75, 3.05) is 0 Å². The van der Waals surface area contributed by atoms with E-state index in [1.54, 1.807) is 0 Å². The van der Waals surface area contributed by atoms with Gasteiger partial charge in [-0.25, -0.2) is 0 Å². The molecule has 0 radical (unpaired) electrons. The second-order valence-electron chi connectivity index (χ2n) is 11.4. The summed E-state index contributed by atoms with van der Waals surface area (Å²) in [5.74, 6) is 2.36. The summed E-state index contributed by atoms with van der Waals surface area (Å²) >= 11 is 0. The molecule has 0 bridgehead atoms. The second kappa shape index (κ2) is 7.27. The lowest BCUT2D eigenvalue weighted by Gasteiger charge is -2.62. The van der Waals surface area contributed by atoms with Gasteiger partial charge in [0, 0.05) is 6.42 Å². The predicted octanol–water partition coefficient (Wildman–Crippen LogP) is 4.48. The number of aliphatic carboxylic acids is 1. The second-order valence-corrected chi connectivity index (χ2v) is 11.4. The van der Waals surface area contributed by atoms with Crippen molar-refractivity contribution in [3.63, 3.8) is 0 Å². The van der Waals surface area contributed by atoms with Crippen molar-refractivity contribution in [3.05, 3.63) is 0 Å². The molecule has 4 saturated carbocycles. The largest absolute Gasteiger partial charge is 0.481 e. The Morgan fingerprint density at radius 1 is 1.00 bits per heavy atom. The van der Waals surface area contributed by atoms with Crippen molar-refractivity contribution >= 4 is 5.97 Å². The predicted molar refractivity (Wildman–Crippen MR) is 109 cm³/mol. The van der Waals surface area contributed by atoms with Gasteiger partial charge in [-0.3, -0.25) is 4.79 Å². The van der Waals surface area contributed by atoms with Crippen LogP contribution in [0, 0.1) is 46.3 Å². The molecule has 4 aliphatic rings. The van der Waals surface area contributed by atoms with Crippen LogP contribution < -0.4 is 0 Å². The summed E-state index contributed by atoms with van der Waals surface area (Å²) in [6, 6.07) is 0. The highest BCUT2D eigenvalue weighted by molar-refractivity contribution is 5.66. The normalized spacial score (nSPS) is 51.7. The Kier molecular flexibility index (Phi) is 5.36. The van der Waals surface area contributed by atoms with Crippen LogP contribution in [0.5, 0.6) is 0 Å². The maximum absolute atomic E-state index is 11.2. The van der Waals surface area contributed by atoms with Crippen LogP contribution in [0.1, 0.15) is 85.0 Å². The molecule has 0 amide bonds. The first-order valence-corrected chi connectivity index (χ1v) is 11.7. The van der Waals surface area contributed by atoms with Crippen molar-refractivity contribution in [1.29, 1.82) is 0 Å². The molecule has 0 spiro atoms. The van der Waals surface area contributed by atoms with Crippen molar-refractivity contribution in [2.45, 2.75) is 97.2 Å². The molecule has 4 aliphatic carbocycles. The molecule has 0 aromatic carbocycles. The Morgan fingerprint density at radius 2 is 1.68 bits per heavy atom. The van der Waals surface area contributed by atoms with E-state index >= 15 is 0 Å². The van der Waals surface area contributed by atoms with Gasteiger partial charge in [-0.1, -0.05) is 20.8 Å². The third-order valence-electron chi connectivity index (χ3n) is 10.2. The van der Waals surface area contributed by atoms with Crippen LogP contribution in [0.25, 0.3) is 0 Å². The van der Waals surface area contributed by atoms with Crippen molar-refractivity contribution < 1.29 is 20.1 Å². The molecule has 28 heavy (non-hydrogen) atoms. The Bertz CT molecular complexity index is 605. The number of carbonyl (C=O) groups is 1.